The summed E-state index contributed by atoms with van der Waals surface area (Å²) in [6, 6.07) is 9.36. The third kappa shape index (κ3) is 2.83. The van der Waals surface area contributed by atoms with E-state index in [1.165, 1.54) is 23.1 Å². The average Bonchev–Trinajstić information content (AvgIpc) is 2.99. The summed E-state index contributed by atoms with van der Waals surface area (Å²) in [6.07, 6.45) is 2.97. The van der Waals surface area contributed by atoms with Gasteiger partial charge in [-0.1, -0.05) is 18.2 Å². The molecule has 1 aromatic heterocycles. The second-order valence-electron chi connectivity index (χ2n) is 5.06. The fourth-order valence-electron chi connectivity index (χ4n) is 2.61. The van der Waals surface area contributed by atoms with Crippen LogP contribution in [-0.4, -0.2) is 11.8 Å². The van der Waals surface area contributed by atoms with Gasteiger partial charge in [-0.25, -0.2) is 0 Å². The van der Waals surface area contributed by atoms with Crippen molar-refractivity contribution in [1.29, 1.82) is 0 Å². The van der Waals surface area contributed by atoms with Gasteiger partial charge >= 0.3 is 0 Å². The Morgan fingerprint density at radius 1 is 1.10 bits per heavy atom. The van der Waals surface area contributed by atoms with Crippen LogP contribution in [0.2, 0.25) is 0 Å². The molecular weight excluding hydrogens is 284 g/mol. The van der Waals surface area contributed by atoms with Gasteiger partial charge in [-0.15, -0.1) is 11.3 Å². The van der Waals surface area contributed by atoms with Crippen LogP contribution < -0.4 is 10.6 Å². The molecule has 0 fully saturated rings. The molecule has 5 heteroatoms. The quantitative estimate of drug-likeness (QED) is 0.912. The standard InChI is InChI=1S/C16H16N2O2S/c1-10(19)17-16-14(12-8-5-9-13(12)21-16)15(20)18-11-6-3-2-4-7-11/h2-4,6-7H,5,8-9H2,1H3,(H,17,19)(H,18,20). The molecule has 1 heterocycles. The molecule has 0 bridgehead atoms. The molecule has 2 aromatic rings. The molecule has 1 aliphatic rings. The summed E-state index contributed by atoms with van der Waals surface area (Å²) in [7, 11) is 0. The second kappa shape index (κ2) is 5.69. The molecule has 108 valence electrons. The minimum absolute atomic E-state index is 0.149. The van der Waals surface area contributed by atoms with E-state index in [0.29, 0.717) is 10.6 Å². The zero-order chi connectivity index (χ0) is 14.8. The fourth-order valence-corrected chi connectivity index (χ4v) is 3.94. The van der Waals surface area contributed by atoms with Crippen LogP contribution in [0, 0.1) is 0 Å². The van der Waals surface area contributed by atoms with Crippen molar-refractivity contribution in [1.82, 2.24) is 0 Å². The summed E-state index contributed by atoms with van der Waals surface area (Å²) < 4.78 is 0. The van der Waals surface area contributed by atoms with Gasteiger partial charge in [-0.05, 0) is 37.0 Å². The Labute approximate surface area is 127 Å². The number of nitrogens with one attached hydrogen (secondary N) is 2. The van der Waals surface area contributed by atoms with Crippen molar-refractivity contribution in [3.05, 3.63) is 46.3 Å². The predicted molar refractivity (Wildman–Crippen MR) is 85.0 cm³/mol. The van der Waals surface area contributed by atoms with E-state index >= 15 is 0 Å². The SMILES string of the molecule is CC(=O)Nc1sc2c(c1C(=O)Nc1ccccc1)CCC2. The number of thiophene rings is 1. The highest BCUT2D eigenvalue weighted by molar-refractivity contribution is 7.17. The summed E-state index contributed by atoms with van der Waals surface area (Å²) in [6.45, 7) is 1.46. The first kappa shape index (κ1) is 13.8. The lowest BCUT2D eigenvalue weighted by molar-refractivity contribution is -0.114. The monoisotopic (exact) mass is 300 g/mol. The molecule has 4 nitrogen and oxygen atoms in total. The topological polar surface area (TPSA) is 58.2 Å². The maximum atomic E-state index is 12.6. The van der Waals surface area contributed by atoms with Crippen LogP contribution >= 0.6 is 11.3 Å². The minimum Gasteiger partial charge on any atom is -0.322 e. The third-order valence-corrected chi connectivity index (χ3v) is 4.68. The lowest BCUT2D eigenvalue weighted by atomic mass is 10.1. The number of amides is 2. The largest absolute Gasteiger partial charge is 0.322 e. The molecule has 0 saturated carbocycles. The van der Waals surface area contributed by atoms with Gasteiger partial charge in [-0.2, -0.15) is 0 Å². The van der Waals surface area contributed by atoms with Crippen molar-refractivity contribution >= 4 is 33.8 Å². The fraction of sp³-hybridized carbons (Fsp3) is 0.250. The van der Waals surface area contributed by atoms with Gasteiger partial charge < -0.3 is 10.6 Å². The normalized spacial score (nSPS) is 12.8. The number of para-hydroxylation sites is 1. The van der Waals surface area contributed by atoms with Crippen molar-refractivity contribution in [2.45, 2.75) is 26.2 Å². The number of hydrogen-bond acceptors (Lipinski definition) is 3. The Morgan fingerprint density at radius 3 is 2.57 bits per heavy atom. The van der Waals surface area contributed by atoms with Crippen LogP contribution in [0.15, 0.2) is 30.3 Å². The summed E-state index contributed by atoms with van der Waals surface area (Å²) in [5, 5.41) is 6.36. The summed E-state index contributed by atoms with van der Waals surface area (Å²) >= 11 is 1.52. The minimum atomic E-state index is -0.149. The third-order valence-electron chi connectivity index (χ3n) is 3.47. The summed E-state index contributed by atoms with van der Waals surface area (Å²) in [5.74, 6) is -0.298. The maximum Gasteiger partial charge on any atom is 0.258 e. The Balaban J connectivity index is 1.93. The predicted octanol–water partition coefficient (Wildman–Crippen LogP) is 3.45. The van der Waals surface area contributed by atoms with E-state index in [1.54, 1.807) is 0 Å². The molecule has 2 N–H and O–H groups in total. The average molecular weight is 300 g/mol. The molecule has 0 aliphatic heterocycles. The van der Waals surface area contributed by atoms with Crippen molar-refractivity contribution < 1.29 is 9.59 Å². The molecule has 2 amide bonds. The van der Waals surface area contributed by atoms with Gasteiger partial charge in [0.25, 0.3) is 5.91 Å². The van der Waals surface area contributed by atoms with Crippen LogP contribution in [-0.2, 0) is 17.6 Å². The number of carbonyl (C=O) groups excluding carboxylic acids is 2. The first-order valence-corrected chi connectivity index (χ1v) is 7.75. The first-order chi connectivity index (χ1) is 10.1. The van der Waals surface area contributed by atoms with Crippen molar-refractivity contribution in [2.24, 2.45) is 0 Å². The van der Waals surface area contributed by atoms with Gasteiger partial charge in [0.05, 0.1) is 5.56 Å². The van der Waals surface area contributed by atoms with Gasteiger partial charge in [0.1, 0.15) is 5.00 Å². The lowest BCUT2D eigenvalue weighted by Gasteiger charge is -2.08. The van der Waals surface area contributed by atoms with Crippen molar-refractivity contribution in [2.75, 3.05) is 10.6 Å². The molecule has 0 spiro atoms. The number of fused-ring (bicyclic) bond motifs is 1. The lowest BCUT2D eigenvalue weighted by Crippen LogP contribution is -2.16. The number of anilines is 2. The van der Waals surface area contributed by atoms with Crippen molar-refractivity contribution in [3.63, 3.8) is 0 Å². The Morgan fingerprint density at radius 2 is 1.86 bits per heavy atom. The highest BCUT2D eigenvalue weighted by Gasteiger charge is 2.27. The molecule has 0 saturated heterocycles. The van der Waals surface area contributed by atoms with E-state index in [-0.39, 0.29) is 11.8 Å². The molecule has 0 radical (unpaired) electrons. The van der Waals surface area contributed by atoms with Crippen LogP contribution in [0.25, 0.3) is 0 Å². The van der Waals surface area contributed by atoms with Crippen LogP contribution in [0.1, 0.15) is 34.1 Å². The highest BCUT2D eigenvalue weighted by atomic mass is 32.1. The van der Waals surface area contributed by atoms with E-state index in [9.17, 15) is 9.59 Å². The van der Waals surface area contributed by atoms with E-state index in [2.05, 4.69) is 10.6 Å². The number of carbonyl (C=O) groups is 2. The molecule has 1 aliphatic carbocycles. The molecule has 0 unspecified atom stereocenters. The van der Waals surface area contributed by atoms with Crippen LogP contribution in [0.4, 0.5) is 10.7 Å². The number of aryl methyl sites for hydroxylation is 1. The summed E-state index contributed by atoms with van der Waals surface area (Å²) in [4.78, 5) is 25.1. The molecule has 3 rings (SSSR count). The smallest absolute Gasteiger partial charge is 0.258 e. The van der Waals surface area contributed by atoms with Gasteiger partial charge in [0.2, 0.25) is 5.91 Å². The zero-order valence-corrected chi connectivity index (χ0v) is 12.5. The van der Waals surface area contributed by atoms with Gasteiger partial charge in [0, 0.05) is 17.5 Å². The first-order valence-electron chi connectivity index (χ1n) is 6.93. The molecular formula is C16H16N2O2S. The Hall–Kier alpha value is -2.14. The number of rotatable bonds is 3. The highest BCUT2D eigenvalue weighted by Crippen LogP contribution is 2.39. The molecule has 0 atom stereocenters. The van der Waals surface area contributed by atoms with E-state index in [1.807, 2.05) is 30.3 Å². The van der Waals surface area contributed by atoms with Gasteiger partial charge in [0.15, 0.2) is 0 Å². The number of hydrogen-bond donors (Lipinski definition) is 2. The Kier molecular flexibility index (Phi) is 3.75. The van der Waals surface area contributed by atoms with E-state index in [0.717, 1.165) is 30.5 Å². The van der Waals surface area contributed by atoms with Crippen LogP contribution in [0.3, 0.4) is 0 Å². The Bertz CT molecular complexity index is 692. The van der Waals surface area contributed by atoms with Crippen molar-refractivity contribution in [3.8, 4) is 0 Å². The number of benzene rings is 1. The van der Waals surface area contributed by atoms with E-state index in [4.69, 9.17) is 0 Å². The van der Waals surface area contributed by atoms with Gasteiger partial charge in [-0.3, -0.25) is 9.59 Å². The maximum absolute atomic E-state index is 12.6. The molecule has 21 heavy (non-hydrogen) atoms. The molecule has 1 aromatic carbocycles. The van der Waals surface area contributed by atoms with E-state index < -0.39 is 0 Å². The summed E-state index contributed by atoms with van der Waals surface area (Å²) in [5.41, 5.74) is 2.48. The van der Waals surface area contributed by atoms with Crippen LogP contribution in [0.5, 0.6) is 0 Å². The second-order valence-corrected chi connectivity index (χ2v) is 6.17. The zero-order valence-electron chi connectivity index (χ0n) is 11.7.